The Morgan fingerprint density at radius 1 is 1.26 bits per heavy atom. The highest BCUT2D eigenvalue weighted by Gasteiger charge is 2.29. The van der Waals surface area contributed by atoms with E-state index in [1.54, 1.807) is 16.9 Å². The molecule has 0 bridgehead atoms. The minimum atomic E-state index is -0.109. The van der Waals surface area contributed by atoms with Crippen molar-refractivity contribution in [2.75, 3.05) is 30.9 Å². The highest BCUT2D eigenvalue weighted by Crippen LogP contribution is 2.35. The van der Waals surface area contributed by atoms with Crippen LogP contribution in [0.25, 0.3) is 0 Å². The minimum Gasteiger partial charge on any atom is -0.497 e. The highest BCUT2D eigenvalue weighted by molar-refractivity contribution is 8.00. The van der Waals surface area contributed by atoms with Crippen LogP contribution in [0.2, 0.25) is 0 Å². The lowest BCUT2D eigenvalue weighted by Gasteiger charge is -2.33. The summed E-state index contributed by atoms with van der Waals surface area (Å²) < 4.78 is 5.29. The molecule has 1 aliphatic heterocycles. The van der Waals surface area contributed by atoms with Crippen LogP contribution in [-0.4, -0.2) is 42.7 Å². The fraction of sp³-hybridized carbons (Fsp3) is 0.333. The molecule has 2 amide bonds. The summed E-state index contributed by atoms with van der Waals surface area (Å²) in [6.45, 7) is 4.57. The monoisotopic (exact) mass is 384 g/mol. The molecule has 142 valence electrons. The Kier molecular flexibility index (Phi) is 6.06. The maximum atomic E-state index is 13.1. The Morgan fingerprint density at radius 3 is 2.78 bits per heavy atom. The molecule has 0 saturated carbocycles. The molecule has 1 aliphatic rings. The largest absolute Gasteiger partial charge is 0.497 e. The van der Waals surface area contributed by atoms with Gasteiger partial charge in [-0.2, -0.15) is 0 Å². The average Bonchev–Trinajstić information content (AvgIpc) is 2.70. The number of amides is 2. The third-order valence-corrected chi connectivity index (χ3v) is 5.85. The summed E-state index contributed by atoms with van der Waals surface area (Å²) >= 11 is 1.52. The third kappa shape index (κ3) is 4.11. The molecular formula is C21H24N2O3S. The zero-order valence-corrected chi connectivity index (χ0v) is 16.7. The number of carbonyl (C=O) groups excluding carboxylic acids is 2. The second-order valence-corrected chi connectivity index (χ2v) is 7.39. The summed E-state index contributed by atoms with van der Waals surface area (Å²) in [7, 11) is 1.63. The number of benzene rings is 2. The third-order valence-electron chi connectivity index (χ3n) is 4.81. The molecule has 0 spiro atoms. The van der Waals surface area contributed by atoms with Gasteiger partial charge in [0.2, 0.25) is 11.8 Å². The Bertz CT molecular complexity index is 840. The number of rotatable bonds is 6. The number of methoxy groups -OCH3 is 1. The van der Waals surface area contributed by atoms with E-state index in [2.05, 4.69) is 0 Å². The quantitative estimate of drug-likeness (QED) is 0.761. The van der Waals surface area contributed by atoms with Crippen molar-refractivity contribution in [2.45, 2.75) is 24.8 Å². The fourth-order valence-electron chi connectivity index (χ4n) is 3.30. The van der Waals surface area contributed by atoms with E-state index in [9.17, 15) is 9.59 Å². The van der Waals surface area contributed by atoms with Crippen molar-refractivity contribution in [3.63, 3.8) is 0 Å². The van der Waals surface area contributed by atoms with Gasteiger partial charge >= 0.3 is 0 Å². The standard InChI is InChI=1S/C21H24N2O3S/c1-4-22(15(2)16-8-7-9-17(12-16)26-3)20(24)13-23-18-10-5-6-11-19(18)27-14-21(23)25/h5-12,15H,4,13-14H2,1-3H3/t15-/m1/s1. The van der Waals surface area contributed by atoms with Gasteiger partial charge in [0.15, 0.2) is 0 Å². The predicted molar refractivity (Wildman–Crippen MR) is 108 cm³/mol. The summed E-state index contributed by atoms with van der Waals surface area (Å²) in [5.74, 6) is 1.03. The van der Waals surface area contributed by atoms with Crippen molar-refractivity contribution < 1.29 is 14.3 Å². The van der Waals surface area contributed by atoms with Crippen LogP contribution in [0, 0.1) is 0 Å². The Morgan fingerprint density at radius 2 is 2.04 bits per heavy atom. The SMILES string of the molecule is CCN(C(=O)CN1C(=O)CSc2ccccc21)[C@H](C)c1cccc(OC)c1. The molecule has 1 heterocycles. The van der Waals surface area contributed by atoms with E-state index < -0.39 is 0 Å². The molecule has 0 N–H and O–H groups in total. The van der Waals surface area contributed by atoms with Gasteiger partial charge in [-0.05, 0) is 43.7 Å². The molecule has 0 aromatic heterocycles. The van der Waals surface area contributed by atoms with Crippen molar-refractivity contribution in [1.82, 2.24) is 4.90 Å². The van der Waals surface area contributed by atoms with Gasteiger partial charge in [0.1, 0.15) is 12.3 Å². The first-order valence-corrected chi connectivity index (χ1v) is 9.99. The molecule has 5 nitrogen and oxygen atoms in total. The van der Waals surface area contributed by atoms with Gasteiger partial charge < -0.3 is 14.5 Å². The van der Waals surface area contributed by atoms with E-state index in [-0.39, 0.29) is 24.4 Å². The van der Waals surface area contributed by atoms with Crippen LogP contribution in [0.5, 0.6) is 5.75 Å². The van der Waals surface area contributed by atoms with E-state index in [0.717, 1.165) is 21.9 Å². The molecule has 6 heteroatoms. The lowest BCUT2D eigenvalue weighted by molar-refractivity contribution is -0.133. The lowest BCUT2D eigenvalue weighted by Crippen LogP contribution is -2.45. The summed E-state index contributed by atoms with van der Waals surface area (Å²) in [6.07, 6.45) is 0. The zero-order chi connectivity index (χ0) is 19.4. The fourth-order valence-corrected chi connectivity index (χ4v) is 4.24. The topological polar surface area (TPSA) is 49.9 Å². The number of anilines is 1. The maximum absolute atomic E-state index is 13.1. The van der Waals surface area contributed by atoms with E-state index in [4.69, 9.17) is 4.74 Å². The van der Waals surface area contributed by atoms with Gasteiger partial charge in [0.05, 0.1) is 24.6 Å². The van der Waals surface area contributed by atoms with Crippen molar-refractivity contribution in [2.24, 2.45) is 0 Å². The van der Waals surface area contributed by atoms with Crippen LogP contribution in [0.15, 0.2) is 53.4 Å². The molecule has 2 aromatic rings. The number of carbonyl (C=O) groups is 2. The van der Waals surface area contributed by atoms with E-state index in [1.165, 1.54) is 11.8 Å². The average molecular weight is 385 g/mol. The number of hydrogen-bond donors (Lipinski definition) is 0. The smallest absolute Gasteiger partial charge is 0.243 e. The summed E-state index contributed by atoms with van der Waals surface area (Å²) in [5.41, 5.74) is 1.82. The molecular weight excluding hydrogens is 360 g/mol. The first-order valence-electron chi connectivity index (χ1n) is 9.00. The number of nitrogens with zero attached hydrogens (tertiary/aromatic N) is 2. The second kappa shape index (κ2) is 8.48. The molecule has 0 aliphatic carbocycles. The van der Waals surface area contributed by atoms with Gasteiger partial charge in [-0.25, -0.2) is 0 Å². The van der Waals surface area contributed by atoms with Crippen LogP contribution >= 0.6 is 11.8 Å². The van der Waals surface area contributed by atoms with Crippen LogP contribution in [0.4, 0.5) is 5.69 Å². The second-order valence-electron chi connectivity index (χ2n) is 6.37. The molecule has 3 rings (SSSR count). The Hall–Kier alpha value is -2.47. The number of thioether (sulfide) groups is 1. The van der Waals surface area contributed by atoms with Gasteiger partial charge in [-0.15, -0.1) is 11.8 Å². The van der Waals surface area contributed by atoms with Gasteiger partial charge in [-0.3, -0.25) is 9.59 Å². The van der Waals surface area contributed by atoms with Gasteiger partial charge in [0, 0.05) is 11.4 Å². The lowest BCUT2D eigenvalue weighted by atomic mass is 10.1. The Labute approximate surface area is 164 Å². The van der Waals surface area contributed by atoms with E-state index in [0.29, 0.717) is 12.3 Å². The first-order chi connectivity index (χ1) is 13.0. The first kappa shape index (κ1) is 19.3. The van der Waals surface area contributed by atoms with Crippen LogP contribution < -0.4 is 9.64 Å². The maximum Gasteiger partial charge on any atom is 0.243 e. The zero-order valence-electron chi connectivity index (χ0n) is 15.8. The van der Waals surface area contributed by atoms with Gasteiger partial charge in [-0.1, -0.05) is 24.3 Å². The minimum absolute atomic E-state index is 0.0304. The Balaban J connectivity index is 1.80. The normalized spacial score (nSPS) is 14.5. The number of ether oxygens (including phenoxy) is 1. The molecule has 0 saturated heterocycles. The van der Waals surface area contributed by atoms with Crippen molar-refractivity contribution in [3.8, 4) is 5.75 Å². The molecule has 27 heavy (non-hydrogen) atoms. The number of hydrogen-bond acceptors (Lipinski definition) is 4. The molecule has 1 atom stereocenters. The molecule has 0 fully saturated rings. The summed E-state index contributed by atoms with van der Waals surface area (Å²) in [6, 6.07) is 15.4. The van der Waals surface area contributed by atoms with Crippen LogP contribution in [0.3, 0.4) is 0 Å². The van der Waals surface area contributed by atoms with E-state index >= 15 is 0 Å². The van der Waals surface area contributed by atoms with E-state index in [1.807, 2.05) is 62.4 Å². The molecule has 0 unspecified atom stereocenters. The van der Waals surface area contributed by atoms with Crippen LogP contribution in [-0.2, 0) is 9.59 Å². The van der Waals surface area contributed by atoms with Crippen molar-refractivity contribution in [1.29, 1.82) is 0 Å². The number of para-hydroxylation sites is 1. The van der Waals surface area contributed by atoms with Crippen LogP contribution in [0.1, 0.15) is 25.5 Å². The summed E-state index contributed by atoms with van der Waals surface area (Å²) in [4.78, 5) is 29.9. The number of likely N-dealkylation sites (N-methyl/N-ethyl adjacent to an activating group) is 1. The highest BCUT2D eigenvalue weighted by atomic mass is 32.2. The van der Waals surface area contributed by atoms with Crippen molar-refractivity contribution >= 4 is 29.3 Å². The van der Waals surface area contributed by atoms with Gasteiger partial charge in [0.25, 0.3) is 0 Å². The predicted octanol–water partition coefficient (Wildman–Crippen LogP) is 3.74. The summed E-state index contributed by atoms with van der Waals surface area (Å²) in [5, 5.41) is 0. The molecule has 2 aromatic carbocycles. The van der Waals surface area contributed by atoms with Crippen molar-refractivity contribution in [3.05, 3.63) is 54.1 Å². The molecule has 0 radical (unpaired) electrons. The number of fused-ring (bicyclic) bond motifs is 1.